The maximum Gasteiger partial charge on any atom is 0.411 e. The summed E-state index contributed by atoms with van der Waals surface area (Å²) in [6, 6.07) is 20.2. The van der Waals surface area contributed by atoms with E-state index in [0.717, 1.165) is 22.3 Å². The van der Waals surface area contributed by atoms with Crippen LogP contribution >= 0.6 is 15.9 Å². The van der Waals surface area contributed by atoms with Gasteiger partial charge in [-0.2, -0.15) is 0 Å². The van der Waals surface area contributed by atoms with E-state index in [9.17, 15) is 19.5 Å². The van der Waals surface area contributed by atoms with Crippen LogP contribution in [0.1, 0.15) is 40.2 Å². The number of carboxylic acid groups (broad SMARTS) is 1. The van der Waals surface area contributed by atoms with Gasteiger partial charge in [-0.15, -0.1) is 0 Å². The molecule has 0 saturated carbocycles. The molecule has 7 nitrogen and oxygen atoms in total. The van der Waals surface area contributed by atoms with E-state index >= 15 is 0 Å². The van der Waals surface area contributed by atoms with Crippen LogP contribution in [0.5, 0.6) is 0 Å². The molecule has 1 atom stereocenters. The zero-order valence-corrected chi connectivity index (χ0v) is 20.3. The van der Waals surface area contributed by atoms with Crippen molar-refractivity contribution in [3.05, 3.63) is 87.9 Å². The highest BCUT2D eigenvalue weighted by molar-refractivity contribution is 9.10. The van der Waals surface area contributed by atoms with Gasteiger partial charge in [0.2, 0.25) is 0 Å². The number of anilines is 1. The van der Waals surface area contributed by atoms with Crippen LogP contribution in [0.25, 0.3) is 11.1 Å². The lowest BCUT2D eigenvalue weighted by molar-refractivity contribution is -0.141. The maximum atomic E-state index is 13.0. The van der Waals surface area contributed by atoms with Crippen molar-refractivity contribution in [2.24, 2.45) is 0 Å². The number of amides is 2. The molecule has 1 aliphatic carbocycles. The predicted molar refractivity (Wildman–Crippen MR) is 135 cm³/mol. The maximum absolute atomic E-state index is 13.0. The first kappa shape index (κ1) is 23.1. The Morgan fingerprint density at radius 2 is 1.66 bits per heavy atom. The molecular formula is C27H23BrN2O5. The van der Waals surface area contributed by atoms with Gasteiger partial charge in [-0.1, -0.05) is 48.5 Å². The number of fused-ring (bicyclic) bond motifs is 3. The summed E-state index contributed by atoms with van der Waals surface area (Å²) in [6.07, 6.45) is 0.436. The molecule has 0 bridgehead atoms. The smallest absolute Gasteiger partial charge is 0.411 e. The Bertz CT molecular complexity index is 1280. The van der Waals surface area contributed by atoms with Crippen LogP contribution < -0.4 is 5.32 Å². The van der Waals surface area contributed by atoms with E-state index in [0.29, 0.717) is 29.5 Å². The minimum absolute atomic E-state index is 0.0571. The summed E-state index contributed by atoms with van der Waals surface area (Å²) in [5, 5.41) is 12.1. The Balaban J connectivity index is 1.28. The fraction of sp³-hybridized carbons (Fsp3) is 0.222. The zero-order chi connectivity index (χ0) is 24.5. The van der Waals surface area contributed by atoms with Crippen molar-refractivity contribution in [1.82, 2.24) is 4.90 Å². The molecule has 1 aliphatic heterocycles. The fourth-order valence-corrected chi connectivity index (χ4v) is 5.36. The number of carbonyl (C=O) groups is 3. The SMILES string of the molecule is O=C(Nc1ccc(Br)c(C(=O)N2CCCC2C(=O)O)c1)OCC1c2ccccc2-c2ccccc21. The van der Waals surface area contributed by atoms with Gasteiger partial charge in [-0.3, -0.25) is 10.1 Å². The van der Waals surface area contributed by atoms with E-state index in [4.69, 9.17) is 4.74 Å². The molecule has 8 heteroatoms. The van der Waals surface area contributed by atoms with Crippen LogP contribution in [0.3, 0.4) is 0 Å². The molecule has 5 rings (SSSR count). The molecule has 0 radical (unpaired) electrons. The van der Waals surface area contributed by atoms with Crippen LogP contribution in [0.4, 0.5) is 10.5 Å². The summed E-state index contributed by atoms with van der Waals surface area (Å²) in [5.41, 5.74) is 5.21. The molecule has 1 heterocycles. The summed E-state index contributed by atoms with van der Waals surface area (Å²) >= 11 is 3.37. The van der Waals surface area contributed by atoms with Gasteiger partial charge in [0.15, 0.2) is 0 Å². The lowest BCUT2D eigenvalue weighted by Gasteiger charge is -2.22. The van der Waals surface area contributed by atoms with E-state index in [-0.39, 0.29) is 18.1 Å². The second-order valence-electron chi connectivity index (χ2n) is 8.64. The van der Waals surface area contributed by atoms with Crippen molar-refractivity contribution in [3.63, 3.8) is 0 Å². The van der Waals surface area contributed by atoms with E-state index in [1.165, 1.54) is 11.0 Å². The molecule has 2 N–H and O–H groups in total. The first-order valence-corrected chi connectivity index (χ1v) is 12.2. The molecular weight excluding hydrogens is 512 g/mol. The first-order valence-electron chi connectivity index (χ1n) is 11.4. The van der Waals surface area contributed by atoms with E-state index in [1.54, 1.807) is 12.1 Å². The predicted octanol–water partition coefficient (Wildman–Crippen LogP) is 5.50. The Morgan fingerprint density at radius 1 is 1.00 bits per heavy atom. The van der Waals surface area contributed by atoms with Crippen molar-refractivity contribution >= 4 is 39.6 Å². The third kappa shape index (κ3) is 4.41. The number of carbonyl (C=O) groups excluding carboxylic acids is 2. The number of rotatable bonds is 5. The van der Waals surface area contributed by atoms with E-state index in [1.807, 2.05) is 24.3 Å². The van der Waals surface area contributed by atoms with Crippen molar-refractivity contribution in [2.75, 3.05) is 18.5 Å². The minimum Gasteiger partial charge on any atom is -0.480 e. The number of likely N-dealkylation sites (tertiary alicyclic amines) is 1. The Hall–Kier alpha value is -3.65. The molecule has 2 aliphatic rings. The number of ether oxygens (including phenoxy) is 1. The van der Waals surface area contributed by atoms with Gasteiger partial charge in [0.05, 0.1) is 5.56 Å². The Morgan fingerprint density at radius 3 is 2.31 bits per heavy atom. The number of aliphatic carboxylic acids is 1. The molecule has 178 valence electrons. The first-order chi connectivity index (χ1) is 16.9. The second kappa shape index (κ2) is 9.54. The molecule has 0 spiro atoms. The van der Waals surface area contributed by atoms with E-state index < -0.39 is 24.0 Å². The standard InChI is InChI=1S/C27H23BrN2O5/c28-23-12-11-16(14-21(23)25(31)30-13-5-10-24(30)26(32)33)29-27(34)35-15-22-19-8-3-1-6-17(19)18-7-2-4-9-20(18)22/h1-4,6-9,11-12,14,22,24H,5,10,13,15H2,(H,29,34)(H,32,33). The van der Waals surface area contributed by atoms with Crippen LogP contribution in [-0.2, 0) is 9.53 Å². The molecule has 1 unspecified atom stereocenters. The van der Waals surface area contributed by atoms with Crippen LogP contribution in [0.2, 0.25) is 0 Å². The molecule has 3 aromatic carbocycles. The van der Waals surface area contributed by atoms with Crippen molar-refractivity contribution in [1.29, 1.82) is 0 Å². The number of carboxylic acids is 1. The zero-order valence-electron chi connectivity index (χ0n) is 18.7. The van der Waals surface area contributed by atoms with Gasteiger partial charge >= 0.3 is 12.1 Å². The highest BCUT2D eigenvalue weighted by Gasteiger charge is 2.35. The number of halogens is 1. The fourth-order valence-electron chi connectivity index (χ4n) is 4.94. The van der Waals surface area contributed by atoms with Crippen molar-refractivity contribution in [2.45, 2.75) is 24.8 Å². The summed E-state index contributed by atoms with van der Waals surface area (Å²) in [7, 11) is 0. The number of hydrogen-bond donors (Lipinski definition) is 2. The topological polar surface area (TPSA) is 95.9 Å². The normalized spacial score (nSPS) is 16.5. The largest absolute Gasteiger partial charge is 0.480 e. The van der Waals surface area contributed by atoms with Gasteiger partial charge in [0, 0.05) is 22.6 Å². The third-order valence-electron chi connectivity index (χ3n) is 6.59. The van der Waals surface area contributed by atoms with Gasteiger partial charge in [-0.05, 0) is 69.2 Å². The Kier molecular flexibility index (Phi) is 6.30. The van der Waals surface area contributed by atoms with Crippen molar-refractivity contribution < 1.29 is 24.2 Å². The number of nitrogens with one attached hydrogen (secondary N) is 1. The summed E-state index contributed by atoms with van der Waals surface area (Å²) < 4.78 is 6.11. The van der Waals surface area contributed by atoms with Crippen LogP contribution in [0, 0.1) is 0 Å². The van der Waals surface area contributed by atoms with Crippen molar-refractivity contribution in [3.8, 4) is 11.1 Å². The molecule has 1 saturated heterocycles. The lowest BCUT2D eigenvalue weighted by atomic mass is 9.98. The van der Waals surface area contributed by atoms with E-state index in [2.05, 4.69) is 45.5 Å². The average molecular weight is 535 g/mol. The Labute approximate surface area is 210 Å². The minimum atomic E-state index is -1.01. The third-order valence-corrected chi connectivity index (χ3v) is 7.28. The number of benzene rings is 3. The molecule has 2 amide bonds. The quantitative estimate of drug-likeness (QED) is 0.450. The summed E-state index contributed by atoms with van der Waals surface area (Å²) in [4.78, 5) is 38.5. The van der Waals surface area contributed by atoms with Gasteiger partial charge < -0.3 is 14.7 Å². The average Bonchev–Trinajstić information content (AvgIpc) is 3.47. The summed E-state index contributed by atoms with van der Waals surface area (Å²) in [5.74, 6) is -1.46. The molecule has 1 fully saturated rings. The van der Waals surface area contributed by atoms with Gasteiger partial charge in [0.1, 0.15) is 12.6 Å². The molecule has 35 heavy (non-hydrogen) atoms. The summed E-state index contributed by atoms with van der Waals surface area (Å²) in [6.45, 7) is 0.558. The van der Waals surface area contributed by atoms with Gasteiger partial charge in [-0.25, -0.2) is 9.59 Å². The van der Waals surface area contributed by atoms with Crippen LogP contribution in [0.15, 0.2) is 71.2 Å². The second-order valence-corrected chi connectivity index (χ2v) is 9.49. The molecule has 0 aromatic heterocycles. The highest BCUT2D eigenvalue weighted by Crippen LogP contribution is 2.44. The lowest BCUT2D eigenvalue weighted by Crippen LogP contribution is -2.40. The van der Waals surface area contributed by atoms with Crippen LogP contribution in [-0.4, -0.2) is 47.2 Å². The highest BCUT2D eigenvalue weighted by atomic mass is 79.9. The number of nitrogens with zero attached hydrogens (tertiary/aromatic N) is 1. The molecule has 3 aromatic rings. The van der Waals surface area contributed by atoms with Gasteiger partial charge in [0.25, 0.3) is 5.91 Å². The monoisotopic (exact) mass is 534 g/mol. The number of hydrogen-bond acceptors (Lipinski definition) is 4.